The largest absolute Gasteiger partial charge is 0.315 e. The maximum atomic E-state index is 5.75. The van der Waals surface area contributed by atoms with Gasteiger partial charge in [0, 0.05) is 25.5 Å². The van der Waals surface area contributed by atoms with Gasteiger partial charge in [-0.15, -0.1) is 11.6 Å². The second-order valence-electron chi connectivity index (χ2n) is 4.42. The summed E-state index contributed by atoms with van der Waals surface area (Å²) < 4.78 is 0. The molecule has 0 unspecified atom stereocenters. The summed E-state index contributed by atoms with van der Waals surface area (Å²) in [5, 5.41) is 3.50. The molecule has 3 heteroatoms. The van der Waals surface area contributed by atoms with Crippen LogP contribution in [0.1, 0.15) is 19.3 Å². The molecule has 0 aromatic heterocycles. The lowest BCUT2D eigenvalue weighted by Crippen LogP contribution is -2.31. The molecule has 0 aromatic rings. The Labute approximate surface area is 86.6 Å². The van der Waals surface area contributed by atoms with Gasteiger partial charge in [-0.25, -0.2) is 0 Å². The first-order valence-electron chi connectivity index (χ1n) is 5.10. The second kappa shape index (κ2) is 5.18. The summed E-state index contributed by atoms with van der Waals surface area (Å²) in [5.74, 6) is 0.815. The summed E-state index contributed by atoms with van der Waals surface area (Å²) in [6.07, 6.45) is 3.92. The van der Waals surface area contributed by atoms with Crippen LogP contribution >= 0.6 is 11.6 Å². The maximum Gasteiger partial charge on any atom is 0.0229 e. The van der Waals surface area contributed by atoms with Gasteiger partial charge in [0.2, 0.25) is 0 Å². The smallest absolute Gasteiger partial charge is 0.0229 e. The number of likely N-dealkylation sites (N-methyl/N-ethyl adjacent to an activating group) is 1. The lowest BCUT2D eigenvalue weighted by molar-refractivity contribution is 0.377. The summed E-state index contributed by atoms with van der Waals surface area (Å²) in [4.78, 5) is 2.20. The van der Waals surface area contributed by atoms with Gasteiger partial charge < -0.3 is 10.2 Å². The number of alkyl halides is 1. The van der Waals surface area contributed by atoms with Crippen molar-refractivity contribution in [2.45, 2.75) is 19.3 Å². The highest BCUT2D eigenvalue weighted by Gasteiger charge is 2.40. The number of hydrogen-bond acceptors (Lipinski definition) is 2. The van der Waals surface area contributed by atoms with E-state index in [1.165, 1.54) is 19.3 Å². The average molecular weight is 205 g/mol. The molecule has 1 saturated carbocycles. The first kappa shape index (κ1) is 11.3. The van der Waals surface area contributed by atoms with Crippen molar-refractivity contribution in [1.82, 2.24) is 10.2 Å². The number of halogens is 1. The van der Waals surface area contributed by atoms with Crippen molar-refractivity contribution < 1.29 is 0 Å². The predicted molar refractivity (Wildman–Crippen MR) is 58.4 cm³/mol. The zero-order valence-electron chi connectivity index (χ0n) is 8.77. The number of hydrogen-bond donors (Lipinski definition) is 1. The number of nitrogens with zero attached hydrogens (tertiary/aromatic N) is 1. The topological polar surface area (TPSA) is 15.3 Å². The standard InChI is InChI=1S/C10H21ClN2/c1-13(2)8-7-12-9-10(3-4-10)5-6-11/h12H,3-9H2,1-2H3. The molecule has 0 bridgehead atoms. The molecule has 0 heterocycles. The Balaban J connectivity index is 1.99. The zero-order valence-corrected chi connectivity index (χ0v) is 9.53. The van der Waals surface area contributed by atoms with E-state index in [1.807, 2.05) is 0 Å². The van der Waals surface area contributed by atoms with E-state index in [9.17, 15) is 0 Å². The van der Waals surface area contributed by atoms with E-state index in [-0.39, 0.29) is 0 Å². The number of rotatable bonds is 7. The molecule has 0 aromatic carbocycles. The third kappa shape index (κ3) is 4.30. The number of nitrogens with one attached hydrogen (secondary N) is 1. The highest BCUT2D eigenvalue weighted by Crippen LogP contribution is 2.48. The molecule has 0 amide bonds. The van der Waals surface area contributed by atoms with E-state index < -0.39 is 0 Å². The van der Waals surface area contributed by atoms with Crippen molar-refractivity contribution in [3.05, 3.63) is 0 Å². The van der Waals surface area contributed by atoms with E-state index in [2.05, 4.69) is 24.3 Å². The van der Waals surface area contributed by atoms with Gasteiger partial charge in [0.15, 0.2) is 0 Å². The van der Waals surface area contributed by atoms with E-state index >= 15 is 0 Å². The summed E-state index contributed by atoms with van der Waals surface area (Å²) >= 11 is 5.75. The molecule has 0 aliphatic heterocycles. The van der Waals surface area contributed by atoms with Gasteiger partial charge in [0.25, 0.3) is 0 Å². The lowest BCUT2D eigenvalue weighted by Gasteiger charge is -2.16. The summed E-state index contributed by atoms with van der Waals surface area (Å²) in [7, 11) is 4.21. The molecular formula is C10H21ClN2. The average Bonchev–Trinajstić information content (AvgIpc) is 2.80. The van der Waals surface area contributed by atoms with Crippen LogP contribution in [0.25, 0.3) is 0 Å². The van der Waals surface area contributed by atoms with Crippen LogP contribution in [-0.4, -0.2) is 44.5 Å². The Bertz CT molecular complexity index is 144. The van der Waals surface area contributed by atoms with Gasteiger partial charge >= 0.3 is 0 Å². The molecule has 1 aliphatic carbocycles. The van der Waals surface area contributed by atoms with E-state index in [1.54, 1.807) is 0 Å². The molecule has 0 spiro atoms. The first-order valence-corrected chi connectivity index (χ1v) is 5.63. The molecule has 1 aliphatic rings. The SMILES string of the molecule is CN(C)CCNCC1(CCCl)CC1. The van der Waals surface area contributed by atoms with Crippen LogP contribution in [0.15, 0.2) is 0 Å². The van der Waals surface area contributed by atoms with Crippen molar-refractivity contribution in [2.24, 2.45) is 5.41 Å². The fraction of sp³-hybridized carbons (Fsp3) is 1.00. The Hall–Kier alpha value is 0.210. The Morgan fingerprint density at radius 3 is 2.54 bits per heavy atom. The lowest BCUT2D eigenvalue weighted by atomic mass is 10.0. The van der Waals surface area contributed by atoms with Crippen LogP contribution < -0.4 is 5.32 Å². The minimum absolute atomic E-state index is 0.577. The van der Waals surface area contributed by atoms with E-state index in [0.29, 0.717) is 5.41 Å². The maximum absolute atomic E-state index is 5.75. The minimum atomic E-state index is 0.577. The third-order valence-corrected chi connectivity index (χ3v) is 3.01. The van der Waals surface area contributed by atoms with Crippen LogP contribution in [0.4, 0.5) is 0 Å². The zero-order chi connectivity index (χ0) is 9.73. The van der Waals surface area contributed by atoms with Crippen LogP contribution in [0.3, 0.4) is 0 Å². The fourth-order valence-electron chi connectivity index (χ4n) is 1.55. The third-order valence-electron chi connectivity index (χ3n) is 2.82. The molecular weight excluding hydrogens is 184 g/mol. The van der Waals surface area contributed by atoms with Crippen molar-refractivity contribution >= 4 is 11.6 Å². The summed E-state index contributed by atoms with van der Waals surface area (Å²) in [6, 6.07) is 0. The Morgan fingerprint density at radius 2 is 2.08 bits per heavy atom. The van der Waals surface area contributed by atoms with E-state index in [0.717, 1.165) is 25.5 Å². The molecule has 0 atom stereocenters. The molecule has 13 heavy (non-hydrogen) atoms. The van der Waals surface area contributed by atoms with Gasteiger partial charge in [-0.05, 0) is 38.8 Å². The fourth-order valence-corrected chi connectivity index (χ4v) is 1.95. The normalized spacial score (nSPS) is 19.4. The molecule has 1 rings (SSSR count). The van der Waals surface area contributed by atoms with Crippen LogP contribution in [0.5, 0.6) is 0 Å². The van der Waals surface area contributed by atoms with Gasteiger partial charge in [-0.2, -0.15) is 0 Å². The molecule has 78 valence electrons. The minimum Gasteiger partial charge on any atom is -0.315 e. The Kier molecular flexibility index (Phi) is 4.50. The van der Waals surface area contributed by atoms with Gasteiger partial charge in [-0.1, -0.05) is 0 Å². The van der Waals surface area contributed by atoms with Crippen molar-refractivity contribution in [3.63, 3.8) is 0 Å². The highest BCUT2D eigenvalue weighted by atomic mass is 35.5. The van der Waals surface area contributed by atoms with Crippen LogP contribution in [0.2, 0.25) is 0 Å². The highest BCUT2D eigenvalue weighted by molar-refractivity contribution is 6.17. The summed E-state index contributed by atoms with van der Waals surface area (Å²) in [6.45, 7) is 3.38. The molecule has 0 radical (unpaired) electrons. The van der Waals surface area contributed by atoms with Crippen LogP contribution in [-0.2, 0) is 0 Å². The molecule has 1 N–H and O–H groups in total. The van der Waals surface area contributed by atoms with Crippen molar-refractivity contribution in [2.75, 3.05) is 39.6 Å². The first-order chi connectivity index (χ1) is 6.18. The molecule has 1 fully saturated rings. The molecule has 2 nitrogen and oxygen atoms in total. The van der Waals surface area contributed by atoms with Gasteiger partial charge in [0.05, 0.1) is 0 Å². The predicted octanol–water partition coefficient (Wildman–Crippen LogP) is 1.55. The second-order valence-corrected chi connectivity index (χ2v) is 4.80. The molecule has 0 saturated heterocycles. The van der Waals surface area contributed by atoms with Gasteiger partial charge in [-0.3, -0.25) is 0 Å². The van der Waals surface area contributed by atoms with Gasteiger partial charge in [0.1, 0.15) is 0 Å². The monoisotopic (exact) mass is 204 g/mol. The van der Waals surface area contributed by atoms with Crippen molar-refractivity contribution in [1.29, 1.82) is 0 Å². The quantitative estimate of drug-likeness (QED) is 0.500. The van der Waals surface area contributed by atoms with E-state index in [4.69, 9.17) is 11.6 Å². The summed E-state index contributed by atoms with van der Waals surface area (Å²) in [5.41, 5.74) is 0.577. The van der Waals surface area contributed by atoms with Crippen LogP contribution in [0, 0.1) is 5.41 Å². The Morgan fingerprint density at radius 1 is 1.38 bits per heavy atom. The van der Waals surface area contributed by atoms with Crippen molar-refractivity contribution in [3.8, 4) is 0 Å².